The number of nitriles is 1. The molecule has 1 aromatic carbocycles. The number of unbranched alkanes of at least 4 members (excludes halogenated alkanes) is 1. The van der Waals surface area contributed by atoms with Gasteiger partial charge in [0, 0.05) is 0 Å². The van der Waals surface area contributed by atoms with Crippen molar-refractivity contribution in [2.24, 2.45) is 5.92 Å². The van der Waals surface area contributed by atoms with Gasteiger partial charge in [-0.2, -0.15) is 0 Å². The molecular weight excluding hydrogens is 354 g/mol. The SMILES string of the molecule is CCCC[Te]CC(C#N)C(O)c1ccc(OC)cc1. The molecule has 0 spiro atoms. The Hall–Kier alpha value is -0.740. The van der Waals surface area contributed by atoms with Gasteiger partial charge in [0.2, 0.25) is 0 Å². The number of methoxy groups -OCH3 is 1. The van der Waals surface area contributed by atoms with Crippen molar-refractivity contribution in [3.63, 3.8) is 0 Å². The topological polar surface area (TPSA) is 53.2 Å². The molecule has 0 aliphatic heterocycles. The Morgan fingerprint density at radius 3 is 2.58 bits per heavy atom. The molecule has 1 N–H and O–H groups in total. The molecule has 0 radical (unpaired) electrons. The summed E-state index contributed by atoms with van der Waals surface area (Å²) in [5.74, 6) is 0.494. The van der Waals surface area contributed by atoms with E-state index in [9.17, 15) is 10.4 Å². The van der Waals surface area contributed by atoms with Crippen molar-refractivity contribution < 1.29 is 9.84 Å². The van der Waals surface area contributed by atoms with Gasteiger partial charge in [0.1, 0.15) is 0 Å². The summed E-state index contributed by atoms with van der Waals surface area (Å²) in [4.78, 5) is 0. The van der Waals surface area contributed by atoms with E-state index >= 15 is 0 Å². The van der Waals surface area contributed by atoms with Crippen LogP contribution in [0.15, 0.2) is 24.3 Å². The Bertz CT molecular complexity index is 400. The number of ether oxygens (including phenoxy) is 1. The second-order valence-corrected chi connectivity index (χ2v) is 7.66. The maximum absolute atomic E-state index is 10.3. The normalized spacial score (nSPS) is 13.6. The molecule has 0 fully saturated rings. The number of rotatable bonds is 8. The zero-order chi connectivity index (χ0) is 14.1. The van der Waals surface area contributed by atoms with Gasteiger partial charge in [-0.25, -0.2) is 0 Å². The molecule has 1 aromatic rings. The number of hydrogen-bond donors (Lipinski definition) is 1. The Kier molecular flexibility index (Phi) is 7.91. The summed E-state index contributed by atoms with van der Waals surface area (Å²) in [7, 11) is 1.61. The summed E-state index contributed by atoms with van der Waals surface area (Å²) >= 11 is -0.147. The monoisotopic (exact) mass is 377 g/mol. The van der Waals surface area contributed by atoms with Crippen LogP contribution in [0.2, 0.25) is 8.94 Å². The second-order valence-electron chi connectivity index (χ2n) is 4.38. The summed E-state index contributed by atoms with van der Waals surface area (Å²) in [6.07, 6.45) is 1.78. The molecular formula is C15H21NO2Te. The van der Waals surface area contributed by atoms with E-state index in [4.69, 9.17) is 4.74 Å². The molecule has 0 aliphatic carbocycles. The molecule has 0 aliphatic rings. The fourth-order valence-electron chi connectivity index (χ4n) is 1.69. The maximum atomic E-state index is 10.3. The summed E-state index contributed by atoms with van der Waals surface area (Å²) in [5.41, 5.74) is 0.801. The summed E-state index contributed by atoms with van der Waals surface area (Å²) in [6, 6.07) is 9.57. The fourth-order valence-corrected chi connectivity index (χ4v) is 5.03. The van der Waals surface area contributed by atoms with Crippen LogP contribution in [0.25, 0.3) is 0 Å². The molecule has 0 amide bonds. The molecule has 2 atom stereocenters. The number of aliphatic hydroxyl groups excluding tert-OH is 1. The summed E-state index contributed by atoms with van der Waals surface area (Å²) in [6.45, 7) is 2.18. The van der Waals surface area contributed by atoms with Gasteiger partial charge in [0.25, 0.3) is 0 Å². The Morgan fingerprint density at radius 2 is 2.05 bits per heavy atom. The van der Waals surface area contributed by atoms with Crippen molar-refractivity contribution in [1.82, 2.24) is 0 Å². The Balaban J connectivity index is 2.56. The first-order valence-corrected chi connectivity index (χ1v) is 9.81. The van der Waals surface area contributed by atoms with Gasteiger partial charge in [-0.3, -0.25) is 0 Å². The fraction of sp³-hybridized carbons (Fsp3) is 0.533. The van der Waals surface area contributed by atoms with E-state index in [1.165, 1.54) is 17.3 Å². The van der Waals surface area contributed by atoms with Crippen LogP contribution >= 0.6 is 0 Å². The van der Waals surface area contributed by atoms with E-state index < -0.39 is 6.10 Å². The molecule has 3 nitrogen and oxygen atoms in total. The number of hydrogen-bond acceptors (Lipinski definition) is 3. The van der Waals surface area contributed by atoms with Gasteiger partial charge in [0.05, 0.1) is 0 Å². The van der Waals surface area contributed by atoms with E-state index in [-0.39, 0.29) is 26.8 Å². The predicted molar refractivity (Wildman–Crippen MR) is 77.3 cm³/mol. The van der Waals surface area contributed by atoms with Crippen LogP contribution in [0.3, 0.4) is 0 Å². The van der Waals surface area contributed by atoms with Gasteiger partial charge < -0.3 is 0 Å². The molecule has 0 saturated carbocycles. The molecule has 0 bridgehead atoms. The predicted octanol–water partition coefficient (Wildman–Crippen LogP) is 3.21. The number of benzene rings is 1. The average Bonchev–Trinajstić information content (AvgIpc) is 2.47. The zero-order valence-electron chi connectivity index (χ0n) is 11.5. The van der Waals surface area contributed by atoms with Crippen LogP contribution in [-0.2, 0) is 0 Å². The number of nitrogens with zero attached hydrogens (tertiary/aromatic N) is 1. The molecule has 2 unspecified atom stereocenters. The second kappa shape index (κ2) is 9.21. The van der Waals surface area contributed by atoms with E-state index in [1.807, 2.05) is 24.3 Å². The van der Waals surface area contributed by atoms with Crippen LogP contribution in [0, 0.1) is 17.2 Å². The Labute approximate surface area is 125 Å². The van der Waals surface area contributed by atoms with Gasteiger partial charge in [-0.1, -0.05) is 0 Å². The summed E-state index contributed by atoms with van der Waals surface area (Å²) < 4.78 is 7.23. The average molecular weight is 375 g/mol. The standard InChI is InChI=1S/C15H21NO2Te/c1-3-4-9-19-11-13(10-16)15(17)12-5-7-14(18-2)8-6-12/h5-8,13,15,17H,3-4,9,11H2,1-2H3. The zero-order valence-corrected chi connectivity index (χ0v) is 13.8. The molecule has 1 rings (SSSR count). The molecule has 0 aromatic heterocycles. The quantitative estimate of drug-likeness (QED) is 0.561. The third-order valence-corrected chi connectivity index (χ3v) is 6.29. The molecule has 0 saturated heterocycles. The van der Waals surface area contributed by atoms with Crippen LogP contribution in [0.4, 0.5) is 0 Å². The van der Waals surface area contributed by atoms with E-state index in [1.54, 1.807) is 7.11 Å². The molecule has 104 valence electrons. The first kappa shape index (κ1) is 16.3. The molecule has 19 heavy (non-hydrogen) atoms. The molecule has 0 heterocycles. The number of aliphatic hydroxyl groups is 1. The third kappa shape index (κ3) is 5.41. The molecule has 4 heteroatoms. The minimum absolute atomic E-state index is 0.147. The van der Waals surface area contributed by atoms with E-state index in [2.05, 4.69) is 13.0 Å². The van der Waals surface area contributed by atoms with Crippen LogP contribution in [-0.4, -0.2) is 33.1 Å². The first-order chi connectivity index (χ1) is 9.22. The third-order valence-electron chi connectivity index (χ3n) is 2.94. The van der Waals surface area contributed by atoms with Crippen LogP contribution < -0.4 is 4.74 Å². The van der Waals surface area contributed by atoms with Gasteiger partial charge in [-0.15, -0.1) is 0 Å². The van der Waals surface area contributed by atoms with E-state index in [0.717, 1.165) is 15.8 Å². The van der Waals surface area contributed by atoms with Gasteiger partial charge in [-0.05, 0) is 0 Å². The van der Waals surface area contributed by atoms with Crippen LogP contribution in [0.5, 0.6) is 5.75 Å². The Morgan fingerprint density at radius 1 is 1.37 bits per heavy atom. The van der Waals surface area contributed by atoms with Crippen molar-refractivity contribution in [1.29, 1.82) is 5.26 Å². The van der Waals surface area contributed by atoms with E-state index in [0.29, 0.717) is 0 Å². The van der Waals surface area contributed by atoms with Gasteiger partial charge >= 0.3 is 126 Å². The van der Waals surface area contributed by atoms with Crippen molar-refractivity contribution in [2.45, 2.75) is 34.8 Å². The van der Waals surface area contributed by atoms with Crippen molar-refractivity contribution >= 4 is 20.9 Å². The van der Waals surface area contributed by atoms with Crippen molar-refractivity contribution in [3.05, 3.63) is 29.8 Å². The summed E-state index contributed by atoms with van der Waals surface area (Å²) in [5, 5.41) is 19.5. The van der Waals surface area contributed by atoms with Crippen molar-refractivity contribution in [3.8, 4) is 11.8 Å². The van der Waals surface area contributed by atoms with Gasteiger partial charge in [0.15, 0.2) is 0 Å². The van der Waals surface area contributed by atoms with Crippen molar-refractivity contribution in [2.75, 3.05) is 7.11 Å². The minimum atomic E-state index is -0.678. The first-order valence-electron chi connectivity index (χ1n) is 6.52. The van der Waals surface area contributed by atoms with Crippen LogP contribution in [0.1, 0.15) is 31.4 Å².